The summed E-state index contributed by atoms with van der Waals surface area (Å²) in [4.78, 5) is 12.5. The zero-order valence-electron chi connectivity index (χ0n) is 20.2. The molecule has 6 nitrogen and oxygen atoms in total. The molecule has 0 aliphatic carbocycles. The second-order valence-corrected chi connectivity index (χ2v) is 9.31. The fraction of sp³-hybridized carbons (Fsp3) is 0.538. The lowest BCUT2D eigenvalue weighted by Gasteiger charge is -2.31. The maximum atomic E-state index is 6.09. The van der Waals surface area contributed by atoms with E-state index in [0.717, 1.165) is 73.0 Å². The number of nitrogens with two attached hydrogens (primary N) is 1. The summed E-state index contributed by atoms with van der Waals surface area (Å²) >= 11 is 0. The van der Waals surface area contributed by atoms with Crippen molar-refractivity contribution in [3.63, 3.8) is 0 Å². The zero-order chi connectivity index (χ0) is 22.8. The Morgan fingerprint density at radius 2 is 1.84 bits per heavy atom. The van der Waals surface area contributed by atoms with Gasteiger partial charge in [0.1, 0.15) is 0 Å². The van der Waals surface area contributed by atoms with Crippen molar-refractivity contribution in [3.8, 4) is 11.3 Å². The molecule has 1 fully saturated rings. The molecule has 4 heterocycles. The van der Waals surface area contributed by atoms with Crippen molar-refractivity contribution in [2.45, 2.75) is 59.5 Å². The van der Waals surface area contributed by atoms with E-state index in [4.69, 9.17) is 20.4 Å². The number of aromatic nitrogens is 3. The number of hydrogen-bond donors (Lipinski definition) is 1. The predicted octanol–water partition coefficient (Wildman–Crippen LogP) is 4.58. The molecule has 1 atom stereocenters. The molecule has 1 aliphatic rings. The van der Waals surface area contributed by atoms with Gasteiger partial charge in [0, 0.05) is 49.7 Å². The van der Waals surface area contributed by atoms with Crippen LogP contribution in [-0.2, 0) is 11.3 Å². The summed E-state index contributed by atoms with van der Waals surface area (Å²) in [5.41, 5.74) is 14.8. The number of hydrogen-bond acceptors (Lipinski definition) is 5. The number of morpholine rings is 1. The summed E-state index contributed by atoms with van der Waals surface area (Å²) in [5, 5.41) is 0. The molecule has 4 rings (SSSR count). The molecular weight excluding hydrogens is 398 g/mol. The van der Waals surface area contributed by atoms with Gasteiger partial charge in [-0.2, -0.15) is 0 Å². The molecule has 0 amide bonds. The highest BCUT2D eigenvalue weighted by Gasteiger charge is 2.21. The summed E-state index contributed by atoms with van der Waals surface area (Å²) in [7, 11) is 0. The summed E-state index contributed by atoms with van der Waals surface area (Å²) in [6.45, 7) is 16.0. The van der Waals surface area contributed by atoms with E-state index in [0.29, 0.717) is 18.5 Å². The monoisotopic (exact) mass is 435 g/mol. The Balaban J connectivity index is 1.74. The van der Waals surface area contributed by atoms with Gasteiger partial charge in [-0.25, -0.2) is 4.98 Å². The van der Waals surface area contributed by atoms with Gasteiger partial charge in [0.25, 0.3) is 0 Å². The van der Waals surface area contributed by atoms with Crippen LogP contribution in [0.1, 0.15) is 61.7 Å². The Hall–Kier alpha value is -2.28. The SMILES string of the molecule is CC[C@H](CN1CCOCC1)n1cc(C)c2nc(-c3ccc(C(C)C)nc3CN)c(C)cc21. The number of ether oxygens (including phenoxy) is 1. The van der Waals surface area contributed by atoms with Crippen LogP contribution in [0.5, 0.6) is 0 Å². The molecule has 3 aromatic rings. The first-order chi connectivity index (χ1) is 15.4. The molecular formula is C26H37N5O. The van der Waals surface area contributed by atoms with E-state index >= 15 is 0 Å². The molecule has 172 valence electrons. The first-order valence-corrected chi connectivity index (χ1v) is 11.9. The average Bonchev–Trinajstić information content (AvgIpc) is 3.12. The predicted molar refractivity (Wildman–Crippen MR) is 131 cm³/mol. The van der Waals surface area contributed by atoms with Crippen molar-refractivity contribution in [1.82, 2.24) is 19.4 Å². The molecule has 0 unspecified atom stereocenters. The van der Waals surface area contributed by atoms with Crippen LogP contribution in [0.2, 0.25) is 0 Å². The van der Waals surface area contributed by atoms with Crippen molar-refractivity contribution < 1.29 is 4.74 Å². The van der Waals surface area contributed by atoms with Crippen LogP contribution in [0, 0.1) is 13.8 Å². The Morgan fingerprint density at radius 1 is 1.09 bits per heavy atom. The highest BCUT2D eigenvalue weighted by Crippen LogP contribution is 2.32. The molecule has 0 aromatic carbocycles. The van der Waals surface area contributed by atoms with Gasteiger partial charge in [-0.15, -0.1) is 0 Å². The Bertz CT molecular complexity index is 1080. The number of pyridine rings is 2. The van der Waals surface area contributed by atoms with Crippen LogP contribution in [-0.4, -0.2) is 52.3 Å². The minimum Gasteiger partial charge on any atom is -0.379 e. The number of rotatable bonds is 7. The van der Waals surface area contributed by atoms with Crippen LogP contribution in [0.15, 0.2) is 24.4 Å². The molecule has 1 aliphatic heterocycles. The molecule has 0 saturated carbocycles. The van der Waals surface area contributed by atoms with E-state index in [1.165, 1.54) is 11.1 Å². The van der Waals surface area contributed by atoms with Gasteiger partial charge in [-0.05, 0) is 55.5 Å². The van der Waals surface area contributed by atoms with Crippen molar-refractivity contribution >= 4 is 11.0 Å². The molecule has 0 spiro atoms. The van der Waals surface area contributed by atoms with E-state index in [1.807, 2.05) is 0 Å². The highest BCUT2D eigenvalue weighted by molar-refractivity contribution is 5.84. The fourth-order valence-electron chi connectivity index (χ4n) is 4.71. The minimum atomic E-state index is 0.375. The van der Waals surface area contributed by atoms with E-state index in [9.17, 15) is 0 Å². The summed E-state index contributed by atoms with van der Waals surface area (Å²) in [5.74, 6) is 0.375. The first-order valence-electron chi connectivity index (χ1n) is 11.9. The summed E-state index contributed by atoms with van der Waals surface area (Å²) in [6, 6.07) is 6.97. The van der Waals surface area contributed by atoms with E-state index in [2.05, 4.69) is 68.5 Å². The zero-order valence-corrected chi connectivity index (χ0v) is 20.2. The van der Waals surface area contributed by atoms with Crippen LogP contribution >= 0.6 is 0 Å². The van der Waals surface area contributed by atoms with E-state index < -0.39 is 0 Å². The Morgan fingerprint density at radius 3 is 2.50 bits per heavy atom. The third-order valence-electron chi connectivity index (χ3n) is 6.65. The minimum absolute atomic E-state index is 0.375. The lowest BCUT2D eigenvalue weighted by Crippen LogP contribution is -2.39. The third-order valence-corrected chi connectivity index (χ3v) is 6.65. The summed E-state index contributed by atoms with van der Waals surface area (Å²) < 4.78 is 7.97. The normalized spacial score (nSPS) is 16.2. The van der Waals surface area contributed by atoms with E-state index in [-0.39, 0.29) is 0 Å². The van der Waals surface area contributed by atoms with Gasteiger partial charge in [0.15, 0.2) is 0 Å². The fourth-order valence-corrected chi connectivity index (χ4v) is 4.71. The van der Waals surface area contributed by atoms with Crippen LogP contribution in [0.4, 0.5) is 0 Å². The molecule has 1 saturated heterocycles. The number of nitrogens with zero attached hydrogens (tertiary/aromatic N) is 4. The van der Waals surface area contributed by atoms with Crippen LogP contribution < -0.4 is 5.73 Å². The Kier molecular flexibility index (Phi) is 6.93. The Labute approximate surface area is 191 Å². The molecule has 32 heavy (non-hydrogen) atoms. The van der Waals surface area contributed by atoms with Crippen molar-refractivity contribution in [2.24, 2.45) is 5.73 Å². The van der Waals surface area contributed by atoms with Gasteiger partial charge >= 0.3 is 0 Å². The van der Waals surface area contributed by atoms with Crippen molar-refractivity contribution in [3.05, 3.63) is 46.9 Å². The van der Waals surface area contributed by atoms with Crippen molar-refractivity contribution in [1.29, 1.82) is 0 Å². The molecule has 3 aromatic heterocycles. The van der Waals surface area contributed by atoms with Crippen LogP contribution in [0.25, 0.3) is 22.3 Å². The second kappa shape index (κ2) is 9.69. The highest BCUT2D eigenvalue weighted by atomic mass is 16.5. The average molecular weight is 436 g/mol. The summed E-state index contributed by atoms with van der Waals surface area (Å²) in [6.07, 6.45) is 3.36. The quantitative estimate of drug-likeness (QED) is 0.588. The maximum absolute atomic E-state index is 6.09. The third kappa shape index (κ3) is 4.45. The lowest BCUT2D eigenvalue weighted by molar-refractivity contribution is 0.0315. The van der Waals surface area contributed by atoms with Crippen LogP contribution in [0.3, 0.4) is 0 Å². The topological polar surface area (TPSA) is 69.2 Å². The van der Waals surface area contributed by atoms with Gasteiger partial charge in [-0.3, -0.25) is 9.88 Å². The smallest absolute Gasteiger partial charge is 0.0917 e. The van der Waals surface area contributed by atoms with Gasteiger partial charge in [-0.1, -0.05) is 20.8 Å². The first kappa shape index (κ1) is 22.9. The number of aryl methyl sites for hydroxylation is 2. The molecule has 0 radical (unpaired) electrons. The standard InChI is InChI=1S/C26H37N5O/c1-6-20(16-30-9-11-32-12-10-30)31-15-19(5)26-24(31)13-18(4)25(29-26)21-7-8-22(17(2)3)28-23(21)14-27/h7-8,13,15,17,20H,6,9-12,14,16,27H2,1-5H3/t20-/m1/s1. The van der Waals surface area contributed by atoms with Crippen molar-refractivity contribution in [2.75, 3.05) is 32.8 Å². The lowest BCUT2D eigenvalue weighted by atomic mass is 10.0. The molecule has 2 N–H and O–H groups in total. The largest absolute Gasteiger partial charge is 0.379 e. The molecule has 6 heteroatoms. The number of fused-ring (bicyclic) bond motifs is 1. The van der Waals surface area contributed by atoms with E-state index in [1.54, 1.807) is 0 Å². The molecule has 0 bridgehead atoms. The van der Waals surface area contributed by atoms with Gasteiger partial charge in [0.2, 0.25) is 0 Å². The second-order valence-electron chi connectivity index (χ2n) is 9.31. The maximum Gasteiger partial charge on any atom is 0.0917 e. The van der Waals surface area contributed by atoms with Gasteiger partial charge in [0.05, 0.1) is 35.6 Å². The van der Waals surface area contributed by atoms with Gasteiger partial charge < -0.3 is 15.0 Å².